The highest BCUT2D eigenvalue weighted by molar-refractivity contribution is 6.34. The largest absolute Gasteiger partial charge is 0.309 e. The van der Waals surface area contributed by atoms with Crippen molar-refractivity contribution in [3.05, 3.63) is 158 Å². The summed E-state index contributed by atoms with van der Waals surface area (Å²) < 4.78 is 7.32. The summed E-state index contributed by atoms with van der Waals surface area (Å²) in [5.74, 6) is 0. The van der Waals surface area contributed by atoms with Gasteiger partial charge in [0.15, 0.2) is 0 Å². The van der Waals surface area contributed by atoms with Crippen molar-refractivity contribution in [2.45, 2.75) is 0 Å². The lowest BCUT2D eigenvalue weighted by molar-refractivity contribution is 1.14. The van der Waals surface area contributed by atoms with Gasteiger partial charge in [0.1, 0.15) is 0 Å². The van der Waals surface area contributed by atoms with E-state index in [-0.39, 0.29) is 0 Å². The molecule has 0 spiro atoms. The van der Waals surface area contributed by atoms with Crippen molar-refractivity contribution in [3.63, 3.8) is 0 Å². The van der Waals surface area contributed by atoms with Gasteiger partial charge in [-0.05, 0) is 77.5 Å². The topological polar surface area (TPSA) is 27.2 Å². The molecule has 0 aliphatic heterocycles. The molecule has 0 saturated heterocycles. The van der Waals surface area contributed by atoms with Crippen LogP contribution < -0.4 is 0 Å². The van der Waals surface area contributed by atoms with Crippen LogP contribution in [0.25, 0.3) is 104 Å². The third-order valence-corrected chi connectivity index (χ3v) is 10.8. The molecule has 0 aliphatic carbocycles. The molecule has 0 bridgehead atoms. The molecule has 0 radical (unpaired) electrons. The first-order valence-corrected chi connectivity index (χ1v) is 16.8. The van der Waals surface area contributed by atoms with Gasteiger partial charge in [-0.1, -0.05) is 78.9 Å². The van der Waals surface area contributed by atoms with Gasteiger partial charge in [-0.2, -0.15) is 0 Å². The maximum absolute atomic E-state index is 4.50. The van der Waals surface area contributed by atoms with E-state index >= 15 is 0 Å². The van der Waals surface area contributed by atoms with Crippen molar-refractivity contribution in [1.82, 2.24) is 18.5 Å². The third-order valence-electron chi connectivity index (χ3n) is 10.8. The molecular formula is C45H26N4. The summed E-state index contributed by atoms with van der Waals surface area (Å²) in [7, 11) is 0. The maximum Gasteiger partial charge on any atom is 0.0724 e. The van der Waals surface area contributed by atoms with Crippen molar-refractivity contribution in [2.24, 2.45) is 0 Å². The summed E-state index contributed by atoms with van der Waals surface area (Å²) in [5.41, 5.74) is 10.8. The van der Waals surface area contributed by atoms with Crippen LogP contribution in [0.2, 0.25) is 0 Å². The van der Waals surface area contributed by atoms with Crippen LogP contribution in [0, 0.1) is 0 Å². The molecule has 0 fully saturated rings. The standard InChI is InChI=1S/C45H26N4/c1-2-10-28-24-41-37(23-27(28)9-1)43-44-35(25-36-33-13-5-8-16-40(33)49(41)45(36)43)32-12-4-7-15-39(32)48(44)30-19-17-29(18-20-30)47-38-14-6-3-11-31(38)34-21-22-46-26-42(34)47/h1-26H. The number of fused-ring (bicyclic) bond motifs is 14. The second kappa shape index (κ2) is 9.03. The van der Waals surface area contributed by atoms with E-state index in [1.54, 1.807) is 0 Å². The summed E-state index contributed by atoms with van der Waals surface area (Å²) in [6.45, 7) is 0. The molecule has 49 heavy (non-hydrogen) atoms. The van der Waals surface area contributed by atoms with Crippen LogP contribution in [0.3, 0.4) is 0 Å². The Labute approximate surface area is 279 Å². The lowest BCUT2D eigenvalue weighted by Gasteiger charge is -2.12. The van der Waals surface area contributed by atoms with Gasteiger partial charge in [0.2, 0.25) is 0 Å². The number of nitrogens with zero attached hydrogens (tertiary/aromatic N) is 4. The van der Waals surface area contributed by atoms with Crippen molar-refractivity contribution in [3.8, 4) is 11.4 Å². The van der Waals surface area contributed by atoms with Crippen molar-refractivity contribution >= 4 is 92.5 Å². The van der Waals surface area contributed by atoms with Crippen LogP contribution in [0.15, 0.2) is 158 Å². The normalized spacial score (nSPS) is 12.5. The van der Waals surface area contributed by atoms with Crippen LogP contribution in [0.4, 0.5) is 0 Å². The summed E-state index contributed by atoms with van der Waals surface area (Å²) in [5, 5.41) is 12.7. The molecular weight excluding hydrogens is 597 g/mol. The van der Waals surface area contributed by atoms with Gasteiger partial charge in [0.05, 0.1) is 44.8 Å². The van der Waals surface area contributed by atoms with E-state index in [1.165, 1.54) is 87.0 Å². The van der Waals surface area contributed by atoms with Gasteiger partial charge in [0, 0.05) is 60.7 Å². The average molecular weight is 623 g/mol. The van der Waals surface area contributed by atoms with E-state index in [1.807, 2.05) is 12.4 Å². The highest BCUT2D eigenvalue weighted by Crippen LogP contribution is 2.47. The van der Waals surface area contributed by atoms with E-state index in [0.717, 1.165) is 16.9 Å². The van der Waals surface area contributed by atoms with Gasteiger partial charge < -0.3 is 13.5 Å². The highest BCUT2D eigenvalue weighted by Gasteiger charge is 2.24. The molecule has 0 aliphatic rings. The van der Waals surface area contributed by atoms with Gasteiger partial charge >= 0.3 is 0 Å². The summed E-state index contributed by atoms with van der Waals surface area (Å²) in [4.78, 5) is 4.50. The Kier molecular flexibility index (Phi) is 4.69. The molecule has 5 aromatic heterocycles. The zero-order valence-electron chi connectivity index (χ0n) is 26.3. The monoisotopic (exact) mass is 622 g/mol. The summed E-state index contributed by atoms with van der Waals surface area (Å²) >= 11 is 0. The number of hydrogen-bond donors (Lipinski definition) is 0. The molecule has 0 unspecified atom stereocenters. The number of aromatic nitrogens is 4. The number of para-hydroxylation sites is 3. The molecule has 12 aromatic rings. The zero-order valence-corrected chi connectivity index (χ0v) is 26.3. The minimum Gasteiger partial charge on any atom is -0.309 e. The molecule has 4 nitrogen and oxygen atoms in total. The molecule has 4 heteroatoms. The highest BCUT2D eigenvalue weighted by atomic mass is 15.0. The van der Waals surface area contributed by atoms with Gasteiger partial charge in [-0.15, -0.1) is 0 Å². The Hall–Kier alpha value is -6.65. The Bertz CT molecular complexity index is 3270. The van der Waals surface area contributed by atoms with E-state index < -0.39 is 0 Å². The predicted molar refractivity (Wildman–Crippen MR) is 205 cm³/mol. The van der Waals surface area contributed by atoms with Crippen molar-refractivity contribution in [1.29, 1.82) is 0 Å². The van der Waals surface area contributed by atoms with Gasteiger partial charge in [0.25, 0.3) is 0 Å². The van der Waals surface area contributed by atoms with E-state index in [4.69, 9.17) is 0 Å². The molecule has 226 valence electrons. The van der Waals surface area contributed by atoms with Crippen molar-refractivity contribution < 1.29 is 0 Å². The number of hydrogen-bond acceptors (Lipinski definition) is 1. The Morgan fingerprint density at radius 2 is 0.918 bits per heavy atom. The minimum absolute atomic E-state index is 1.11. The van der Waals surface area contributed by atoms with Gasteiger partial charge in [-0.3, -0.25) is 4.98 Å². The van der Waals surface area contributed by atoms with Crippen LogP contribution in [0.5, 0.6) is 0 Å². The number of pyridine rings is 1. The van der Waals surface area contributed by atoms with E-state index in [9.17, 15) is 0 Å². The maximum atomic E-state index is 4.50. The zero-order chi connectivity index (χ0) is 31.8. The fourth-order valence-electron chi connectivity index (χ4n) is 8.81. The fraction of sp³-hybridized carbons (Fsp3) is 0. The number of benzene rings is 7. The Morgan fingerprint density at radius 1 is 0.367 bits per heavy atom. The molecule has 0 saturated carbocycles. The van der Waals surface area contributed by atoms with E-state index in [0.29, 0.717) is 0 Å². The molecule has 0 atom stereocenters. The minimum atomic E-state index is 1.11. The SMILES string of the molecule is c1ccc2cc3c(cc2c1)c1c2c(cc4c5ccccc5n3c41)c1ccccc1n2-c1ccc(-n2c3ccccc3c3ccncc32)cc1. The Balaban J connectivity index is 1.22. The van der Waals surface area contributed by atoms with E-state index in [2.05, 4.69) is 164 Å². The van der Waals surface area contributed by atoms with Crippen LogP contribution in [-0.2, 0) is 0 Å². The fourth-order valence-corrected chi connectivity index (χ4v) is 8.81. The van der Waals surface area contributed by atoms with Crippen LogP contribution >= 0.6 is 0 Å². The molecule has 12 rings (SSSR count). The first-order valence-electron chi connectivity index (χ1n) is 16.8. The lowest BCUT2D eigenvalue weighted by Crippen LogP contribution is -1.97. The molecule has 0 amide bonds. The van der Waals surface area contributed by atoms with Crippen LogP contribution in [0.1, 0.15) is 0 Å². The molecule has 0 N–H and O–H groups in total. The summed E-state index contributed by atoms with van der Waals surface area (Å²) in [6, 6.07) is 53.5. The first-order chi connectivity index (χ1) is 24.3. The molecule has 7 aromatic carbocycles. The Morgan fingerprint density at radius 3 is 1.67 bits per heavy atom. The quantitative estimate of drug-likeness (QED) is 0.188. The molecule has 5 heterocycles. The third kappa shape index (κ3) is 3.16. The average Bonchev–Trinajstić information content (AvgIpc) is 3.88. The summed E-state index contributed by atoms with van der Waals surface area (Å²) in [6.07, 6.45) is 3.86. The predicted octanol–water partition coefficient (Wildman–Crippen LogP) is 11.6. The second-order valence-electron chi connectivity index (χ2n) is 13.2. The van der Waals surface area contributed by atoms with Crippen LogP contribution in [-0.4, -0.2) is 18.5 Å². The first kappa shape index (κ1) is 25.4. The van der Waals surface area contributed by atoms with Crippen molar-refractivity contribution in [2.75, 3.05) is 0 Å². The second-order valence-corrected chi connectivity index (χ2v) is 13.2. The lowest BCUT2D eigenvalue weighted by atomic mass is 10.0. The van der Waals surface area contributed by atoms with Gasteiger partial charge in [-0.25, -0.2) is 0 Å². The number of rotatable bonds is 2. The smallest absolute Gasteiger partial charge is 0.0724 e.